The van der Waals surface area contributed by atoms with Gasteiger partial charge >= 0.3 is 5.97 Å². The van der Waals surface area contributed by atoms with Crippen LogP contribution in [0.25, 0.3) is 0 Å². The summed E-state index contributed by atoms with van der Waals surface area (Å²) in [5, 5.41) is 8.94. The van der Waals surface area contributed by atoms with Gasteiger partial charge in [0.05, 0.1) is 18.0 Å². The number of aromatic carboxylic acids is 1. The molecule has 1 N–H and O–H groups in total. The number of carboxylic acid groups (broad SMARTS) is 1. The lowest BCUT2D eigenvalue weighted by Gasteiger charge is -2.33. The standard InChI is InChI=1S/C16H14FNO4S/c17-11-3-1-2-10(8-11)12-9-18(6-7-22-12)15(19)13-4-5-14(23-13)16(20)21/h1-5,8,12H,6-7,9H2,(H,20,21). The number of carbonyl (C=O) groups excluding carboxylic acids is 1. The molecule has 2 heterocycles. The van der Waals surface area contributed by atoms with Crippen molar-refractivity contribution in [1.82, 2.24) is 4.90 Å². The van der Waals surface area contributed by atoms with E-state index in [1.807, 2.05) is 0 Å². The zero-order valence-corrected chi connectivity index (χ0v) is 12.9. The zero-order chi connectivity index (χ0) is 16.4. The predicted octanol–water partition coefficient (Wildman–Crippen LogP) is 2.80. The molecule has 1 saturated heterocycles. The normalized spacial score (nSPS) is 18.0. The van der Waals surface area contributed by atoms with Gasteiger partial charge in [-0.1, -0.05) is 12.1 Å². The van der Waals surface area contributed by atoms with Crippen LogP contribution in [0.1, 0.15) is 31.0 Å². The third-order valence-electron chi connectivity index (χ3n) is 3.60. The van der Waals surface area contributed by atoms with Crippen molar-refractivity contribution >= 4 is 23.2 Å². The number of rotatable bonds is 3. The van der Waals surface area contributed by atoms with Crippen LogP contribution >= 0.6 is 11.3 Å². The van der Waals surface area contributed by atoms with Gasteiger partial charge in [0.1, 0.15) is 16.8 Å². The van der Waals surface area contributed by atoms with Crippen molar-refractivity contribution < 1.29 is 23.8 Å². The van der Waals surface area contributed by atoms with Gasteiger partial charge in [-0.3, -0.25) is 4.79 Å². The van der Waals surface area contributed by atoms with Crippen LogP contribution in [0.2, 0.25) is 0 Å². The van der Waals surface area contributed by atoms with Gasteiger partial charge in [-0.05, 0) is 29.8 Å². The Balaban J connectivity index is 1.75. The van der Waals surface area contributed by atoms with Crippen LogP contribution < -0.4 is 0 Å². The minimum atomic E-state index is -1.05. The fourth-order valence-corrected chi connectivity index (χ4v) is 3.28. The highest BCUT2D eigenvalue weighted by Crippen LogP contribution is 2.25. The number of carboxylic acids is 1. The van der Waals surface area contributed by atoms with Crippen LogP contribution in [-0.4, -0.2) is 41.6 Å². The first-order chi connectivity index (χ1) is 11.0. The van der Waals surface area contributed by atoms with Gasteiger partial charge in [-0.15, -0.1) is 11.3 Å². The van der Waals surface area contributed by atoms with Gasteiger partial charge in [0, 0.05) is 6.54 Å². The topological polar surface area (TPSA) is 66.8 Å². The lowest BCUT2D eigenvalue weighted by Crippen LogP contribution is -2.42. The number of hydrogen-bond donors (Lipinski definition) is 1. The van der Waals surface area contributed by atoms with E-state index in [0.29, 0.717) is 30.1 Å². The van der Waals surface area contributed by atoms with Gasteiger partial charge in [-0.2, -0.15) is 0 Å². The quantitative estimate of drug-likeness (QED) is 0.937. The Bertz CT molecular complexity index is 745. The number of halogens is 1. The number of benzene rings is 1. The first kappa shape index (κ1) is 15.6. The summed E-state index contributed by atoms with van der Waals surface area (Å²) in [7, 11) is 0. The lowest BCUT2D eigenvalue weighted by atomic mass is 10.1. The first-order valence-electron chi connectivity index (χ1n) is 7.04. The van der Waals surface area contributed by atoms with Gasteiger partial charge in [-0.25, -0.2) is 9.18 Å². The maximum Gasteiger partial charge on any atom is 0.345 e. The SMILES string of the molecule is O=C(O)c1ccc(C(=O)N2CCOC(c3cccc(F)c3)C2)s1. The van der Waals surface area contributed by atoms with E-state index in [-0.39, 0.29) is 22.7 Å². The average molecular weight is 335 g/mol. The second-order valence-electron chi connectivity index (χ2n) is 5.13. The summed E-state index contributed by atoms with van der Waals surface area (Å²) < 4.78 is 19.0. The van der Waals surface area contributed by atoms with E-state index < -0.39 is 5.97 Å². The molecule has 120 valence electrons. The Morgan fingerprint density at radius 3 is 2.74 bits per heavy atom. The molecule has 2 aromatic rings. The minimum absolute atomic E-state index is 0.128. The zero-order valence-electron chi connectivity index (χ0n) is 12.1. The third kappa shape index (κ3) is 3.40. The fourth-order valence-electron chi connectivity index (χ4n) is 2.47. The molecule has 1 aliphatic rings. The summed E-state index contributed by atoms with van der Waals surface area (Å²) >= 11 is 0.951. The third-order valence-corrected chi connectivity index (χ3v) is 4.66. The van der Waals surface area contributed by atoms with Crippen molar-refractivity contribution in [3.63, 3.8) is 0 Å². The van der Waals surface area contributed by atoms with E-state index in [4.69, 9.17) is 9.84 Å². The number of hydrogen-bond acceptors (Lipinski definition) is 4. The minimum Gasteiger partial charge on any atom is -0.477 e. The number of ether oxygens (including phenoxy) is 1. The molecule has 1 aromatic carbocycles. The van der Waals surface area contributed by atoms with Gasteiger partial charge in [0.2, 0.25) is 0 Å². The monoisotopic (exact) mass is 335 g/mol. The molecule has 0 spiro atoms. The summed E-state index contributed by atoms with van der Waals surface area (Å²) in [6.07, 6.45) is -0.387. The van der Waals surface area contributed by atoms with Gasteiger partial charge in [0.25, 0.3) is 5.91 Å². The Hall–Kier alpha value is -2.25. The molecule has 0 saturated carbocycles. The van der Waals surface area contributed by atoms with Crippen LogP contribution in [0.5, 0.6) is 0 Å². The molecule has 1 atom stereocenters. The van der Waals surface area contributed by atoms with Crippen molar-refractivity contribution in [1.29, 1.82) is 0 Å². The Labute approximate surface area is 135 Å². The Kier molecular flexibility index (Phi) is 4.40. The molecule has 7 heteroatoms. The molecular formula is C16H14FNO4S. The fraction of sp³-hybridized carbons (Fsp3) is 0.250. The second-order valence-corrected chi connectivity index (χ2v) is 6.22. The van der Waals surface area contributed by atoms with Crippen LogP contribution in [0.4, 0.5) is 4.39 Å². The highest BCUT2D eigenvalue weighted by Gasteiger charge is 2.27. The van der Waals surface area contributed by atoms with E-state index in [1.165, 1.54) is 24.3 Å². The lowest BCUT2D eigenvalue weighted by molar-refractivity contribution is -0.0227. The predicted molar refractivity (Wildman–Crippen MR) is 82.3 cm³/mol. The number of carbonyl (C=O) groups is 2. The Morgan fingerprint density at radius 2 is 2.04 bits per heavy atom. The molecule has 1 amide bonds. The molecule has 1 unspecified atom stereocenters. The smallest absolute Gasteiger partial charge is 0.345 e. The van der Waals surface area contributed by atoms with E-state index in [1.54, 1.807) is 17.0 Å². The molecule has 0 bridgehead atoms. The van der Waals surface area contributed by atoms with E-state index >= 15 is 0 Å². The second kappa shape index (κ2) is 6.47. The van der Waals surface area contributed by atoms with Crippen LogP contribution in [-0.2, 0) is 4.74 Å². The van der Waals surface area contributed by atoms with Gasteiger partial charge in [0.15, 0.2) is 0 Å². The molecule has 0 aliphatic carbocycles. The maximum absolute atomic E-state index is 13.3. The van der Waals surface area contributed by atoms with Crippen LogP contribution in [0, 0.1) is 5.82 Å². The maximum atomic E-state index is 13.3. The summed E-state index contributed by atoms with van der Waals surface area (Å²) in [5.74, 6) is -1.63. The van der Waals surface area contributed by atoms with Crippen LogP contribution in [0.15, 0.2) is 36.4 Å². The molecule has 5 nitrogen and oxygen atoms in total. The molecule has 3 rings (SSSR count). The van der Waals surface area contributed by atoms with Crippen molar-refractivity contribution in [2.45, 2.75) is 6.10 Å². The first-order valence-corrected chi connectivity index (χ1v) is 7.85. The van der Waals surface area contributed by atoms with E-state index in [9.17, 15) is 14.0 Å². The van der Waals surface area contributed by atoms with Crippen LogP contribution in [0.3, 0.4) is 0 Å². The largest absolute Gasteiger partial charge is 0.477 e. The molecule has 1 fully saturated rings. The molecule has 23 heavy (non-hydrogen) atoms. The molecular weight excluding hydrogens is 321 g/mol. The summed E-state index contributed by atoms with van der Waals surface area (Å²) in [4.78, 5) is 25.5. The summed E-state index contributed by atoms with van der Waals surface area (Å²) in [6.45, 7) is 1.08. The molecule has 1 aliphatic heterocycles. The van der Waals surface area contributed by atoms with Gasteiger partial charge < -0.3 is 14.7 Å². The highest BCUT2D eigenvalue weighted by atomic mass is 32.1. The molecule has 0 radical (unpaired) electrons. The van der Waals surface area contributed by atoms with Crippen molar-refractivity contribution in [2.24, 2.45) is 0 Å². The number of thiophene rings is 1. The van der Waals surface area contributed by atoms with Crippen molar-refractivity contribution in [3.05, 3.63) is 57.5 Å². The van der Waals surface area contributed by atoms with E-state index in [2.05, 4.69) is 0 Å². The number of nitrogens with zero attached hydrogens (tertiary/aromatic N) is 1. The Morgan fingerprint density at radius 1 is 1.26 bits per heavy atom. The van der Waals surface area contributed by atoms with Crippen molar-refractivity contribution in [2.75, 3.05) is 19.7 Å². The highest BCUT2D eigenvalue weighted by molar-refractivity contribution is 7.15. The number of morpholine rings is 1. The van der Waals surface area contributed by atoms with Crippen molar-refractivity contribution in [3.8, 4) is 0 Å². The van der Waals surface area contributed by atoms with E-state index in [0.717, 1.165) is 11.3 Å². The summed E-state index contributed by atoms with van der Waals surface area (Å²) in [5.41, 5.74) is 0.680. The molecule has 1 aromatic heterocycles. The summed E-state index contributed by atoms with van der Waals surface area (Å²) in [6, 6.07) is 9.05. The number of amides is 1. The average Bonchev–Trinajstić information content (AvgIpc) is 3.04.